The normalized spacial score (nSPS) is 27.0. The molecular weight excluding hydrogens is 308 g/mol. The van der Waals surface area contributed by atoms with E-state index in [1.54, 1.807) is 0 Å². The van der Waals surface area contributed by atoms with Gasteiger partial charge in [0.1, 0.15) is 0 Å². The molecule has 3 rings (SSSR count). The van der Waals surface area contributed by atoms with Gasteiger partial charge in [-0.05, 0) is 49.3 Å². The van der Waals surface area contributed by atoms with Crippen LogP contribution in [0.15, 0.2) is 24.3 Å². The lowest BCUT2D eigenvalue weighted by atomic mass is 9.84. The van der Waals surface area contributed by atoms with E-state index in [9.17, 15) is 4.79 Å². The number of benzene rings is 1. The summed E-state index contributed by atoms with van der Waals surface area (Å²) in [7, 11) is 0. The van der Waals surface area contributed by atoms with Crippen LogP contribution in [0.1, 0.15) is 51.5 Å². The first kappa shape index (κ1) is 16.8. The molecule has 0 aromatic heterocycles. The van der Waals surface area contributed by atoms with Crippen LogP contribution >= 0.6 is 11.6 Å². The second-order valence-electron chi connectivity index (χ2n) is 7.85. The first-order chi connectivity index (χ1) is 10.9. The summed E-state index contributed by atoms with van der Waals surface area (Å²) in [5.74, 6) is 0.741. The predicted octanol–water partition coefficient (Wildman–Crippen LogP) is 3.65. The number of hydrogen-bond donors (Lipinski definition) is 2. The molecule has 0 saturated carbocycles. The van der Waals surface area contributed by atoms with Crippen molar-refractivity contribution in [2.75, 3.05) is 6.54 Å². The molecule has 2 saturated heterocycles. The second kappa shape index (κ2) is 6.82. The molecule has 2 fully saturated rings. The van der Waals surface area contributed by atoms with Crippen LogP contribution in [0.2, 0.25) is 5.02 Å². The van der Waals surface area contributed by atoms with Crippen LogP contribution < -0.4 is 10.6 Å². The molecule has 0 spiro atoms. The molecule has 1 aromatic rings. The van der Waals surface area contributed by atoms with Gasteiger partial charge in [0, 0.05) is 35.5 Å². The fraction of sp³-hybridized carbons (Fsp3) is 0.632. The maximum atomic E-state index is 12.3. The van der Waals surface area contributed by atoms with E-state index in [1.807, 2.05) is 24.3 Å². The van der Waals surface area contributed by atoms with Gasteiger partial charge in [-0.1, -0.05) is 37.6 Å². The van der Waals surface area contributed by atoms with E-state index in [-0.39, 0.29) is 11.3 Å². The molecule has 126 valence electrons. The molecule has 2 aliphatic rings. The maximum absolute atomic E-state index is 12.3. The number of carbonyl (C=O) groups excluding carboxylic acids is 1. The number of halogens is 1. The van der Waals surface area contributed by atoms with E-state index >= 15 is 0 Å². The summed E-state index contributed by atoms with van der Waals surface area (Å²) in [5.41, 5.74) is 1.11. The lowest BCUT2D eigenvalue weighted by molar-refractivity contribution is -0.122. The summed E-state index contributed by atoms with van der Waals surface area (Å²) in [6.07, 6.45) is 5.55. The van der Waals surface area contributed by atoms with Crippen molar-refractivity contribution < 1.29 is 4.79 Å². The van der Waals surface area contributed by atoms with E-state index in [0.717, 1.165) is 17.9 Å². The van der Waals surface area contributed by atoms with Crippen LogP contribution in [0, 0.1) is 5.92 Å². The Kier molecular flexibility index (Phi) is 4.98. The monoisotopic (exact) mass is 334 g/mol. The van der Waals surface area contributed by atoms with Crippen molar-refractivity contribution in [1.29, 1.82) is 0 Å². The van der Waals surface area contributed by atoms with Gasteiger partial charge in [-0.15, -0.1) is 0 Å². The molecule has 0 radical (unpaired) electrons. The standard InChI is InChI=1S/C19H27ClN2O/c1-19(2,14-3-5-15(20)6-4-14)12-21-18(23)11-13-9-16-7-8-17(10-13)22-16/h3-6,13,16-17,22H,7-12H2,1-2H3,(H,21,23). The molecular formula is C19H27ClN2O. The summed E-state index contributed by atoms with van der Waals surface area (Å²) >= 11 is 5.95. The summed E-state index contributed by atoms with van der Waals surface area (Å²) in [5, 5.41) is 7.52. The van der Waals surface area contributed by atoms with E-state index in [4.69, 9.17) is 11.6 Å². The molecule has 4 heteroatoms. The van der Waals surface area contributed by atoms with Gasteiger partial charge in [0.25, 0.3) is 0 Å². The highest BCUT2D eigenvalue weighted by atomic mass is 35.5. The number of amides is 1. The zero-order valence-electron chi connectivity index (χ0n) is 14.1. The van der Waals surface area contributed by atoms with Crippen molar-refractivity contribution in [2.45, 2.75) is 63.5 Å². The summed E-state index contributed by atoms with van der Waals surface area (Å²) in [4.78, 5) is 12.3. The molecule has 2 aliphatic heterocycles. The zero-order valence-corrected chi connectivity index (χ0v) is 14.8. The van der Waals surface area contributed by atoms with E-state index < -0.39 is 0 Å². The fourth-order valence-corrected chi connectivity index (χ4v) is 4.12. The molecule has 0 aliphatic carbocycles. The Hall–Kier alpha value is -1.06. The SMILES string of the molecule is CC(C)(CNC(=O)CC1CC2CCC(C1)N2)c1ccc(Cl)cc1. The van der Waals surface area contributed by atoms with Crippen molar-refractivity contribution in [2.24, 2.45) is 5.92 Å². The van der Waals surface area contributed by atoms with Crippen LogP contribution in [-0.2, 0) is 10.2 Å². The average Bonchev–Trinajstić information content (AvgIpc) is 2.85. The average molecular weight is 335 g/mol. The Morgan fingerprint density at radius 3 is 2.43 bits per heavy atom. The van der Waals surface area contributed by atoms with Gasteiger partial charge in [0.15, 0.2) is 0 Å². The molecule has 1 amide bonds. The number of fused-ring (bicyclic) bond motifs is 2. The largest absolute Gasteiger partial charge is 0.355 e. The smallest absolute Gasteiger partial charge is 0.220 e. The number of nitrogens with one attached hydrogen (secondary N) is 2. The molecule has 2 heterocycles. The van der Waals surface area contributed by atoms with E-state index in [1.165, 1.54) is 18.4 Å². The third-order valence-corrected chi connectivity index (χ3v) is 5.65. The first-order valence-electron chi connectivity index (χ1n) is 8.71. The highest BCUT2D eigenvalue weighted by molar-refractivity contribution is 6.30. The molecule has 2 unspecified atom stereocenters. The molecule has 2 N–H and O–H groups in total. The van der Waals surface area contributed by atoms with Gasteiger partial charge < -0.3 is 10.6 Å². The number of carbonyl (C=O) groups is 1. The summed E-state index contributed by atoms with van der Waals surface area (Å²) < 4.78 is 0. The number of rotatable bonds is 5. The highest BCUT2D eigenvalue weighted by Gasteiger charge is 2.34. The highest BCUT2D eigenvalue weighted by Crippen LogP contribution is 2.32. The van der Waals surface area contributed by atoms with E-state index in [2.05, 4.69) is 24.5 Å². The van der Waals surface area contributed by atoms with Crippen LogP contribution in [0.5, 0.6) is 0 Å². The number of piperidine rings is 1. The summed E-state index contributed by atoms with van der Waals surface area (Å²) in [6, 6.07) is 9.20. The van der Waals surface area contributed by atoms with Gasteiger partial charge in [-0.25, -0.2) is 0 Å². The van der Waals surface area contributed by atoms with Crippen LogP contribution in [-0.4, -0.2) is 24.5 Å². The molecule has 2 atom stereocenters. The lowest BCUT2D eigenvalue weighted by Crippen LogP contribution is -2.41. The maximum Gasteiger partial charge on any atom is 0.220 e. The fourth-order valence-electron chi connectivity index (χ4n) is 4.00. The van der Waals surface area contributed by atoms with E-state index in [0.29, 0.717) is 31.0 Å². The topological polar surface area (TPSA) is 41.1 Å². The second-order valence-corrected chi connectivity index (χ2v) is 8.28. The van der Waals surface area contributed by atoms with Crippen molar-refractivity contribution in [3.63, 3.8) is 0 Å². The Morgan fingerprint density at radius 1 is 1.22 bits per heavy atom. The van der Waals surface area contributed by atoms with Gasteiger partial charge in [0.2, 0.25) is 5.91 Å². The Morgan fingerprint density at radius 2 is 1.83 bits per heavy atom. The number of hydrogen-bond acceptors (Lipinski definition) is 2. The Labute approximate surface area is 144 Å². The van der Waals surface area contributed by atoms with Crippen LogP contribution in [0.4, 0.5) is 0 Å². The minimum atomic E-state index is -0.0899. The van der Waals surface area contributed by atoms with Crippen molar-refractivity contribution >= 4 is 17.5 Å². The third kappa shape index (κ3) is 4.27. The lowest BCUT2D eigenvalue weighted by Gasteiger charge is -2.30. The molecule has 1 aromatic carbocycles. The minimum absolute atomic E-state index is 0.0899. The van der Waals surface area contributed by atoms with Gasteiger partial charge in [0.05, 0.1) is 0 Å². The van der Waals surface area contributed by atoms with Gasteiger partial charge in [-0.2, -0.15) is 0 Å². The Balaban J connectivity index is 1.49. The quantitative estimate of drug-likeness (QED) is 0.863. The third-order valence-electron chi connectivity index (χ3n) is 5.40. The Bertz CT molecular complexity index is 543. The van der Waals surface area contributed by atoms with Gasteiger partial charge >= 0.3 is 0 Å². The van der Waals surface area contributed by atoms with Gasteiger partial charge in [-0.3, -0.25) is 4.79 Å². The molecule has 3 nitrogen and oxygen atoms in total. The van der Waals surface area contributed by atoms with Crippen molar-refractivity contribution in [3.05, 3.63) is 34.9 Å². The van der Waals surface area contributed by atoms with Crippen LogP contribution in [0.25, 0.3) is 0 Å². The van der Waals surface area contributed by atoms with Crippen molar-refractivity contribution in [1.82, 2.24) is 10.6 Å². The first-order valence-corrected chi connectivity index (χ1v) is 9.09. The van der Waals surface area contributed by atoms with Crippen molar-refractivity contribution in [3.8, 4) is 0 Å². The molecule has 23 heavy (non-hydrogen) atoms. The van der Waals surface area contributed by atoms with Crippen LogP contribution in [0.3, 0.4) is 0 Å². The molecule has 2 bridgehead atoms. The minimum Gasteiger partial charge on any atom is -0.355 e. The zero-order chi connectivity index (χ0) is 16.4. The summed E-state index contributed by atoms with van der Waals surface area (Å²) in [6.45, 7) is 4.97. The predicted molar refractivity (Wildman–Crippen MR) is 94.8 cm³/mol.